The maximum Gasteiger partial charge on any atom is 0.319 e. The van der Waals surface area contributed by atoms with E-state index in [1.165, 1.54) is 0 Å². The lowest BCUT2D eigenvalue weighted by atomic mass is 9.87. The Morgan fingerprint density at radius 1 is 1.27 bits per heavy atom. The SMILES string of the molecule is Cc1cc(NC(=O)NC2CCC(CO)CC2)ccc1N(C)C. The fraction of sp³-hybridized carbons (Fsp3) is 0.588. The predicted molar refractivity (Wildman–Crippen MR) is 90.5 cm³/mol. The van der Waals surface area contributed by atoms with Gasteiger partial charge in [0.2, 0.25) is 0 Å². The van der Waals surface area contributed by atoms with Gasteiger partial charge in [0.15, 0.2) is 0 Å². The maximum atomic E-state index is 12.1. The van der Waals surface area contributed by atoms with E-state index < -0.39 is 0 Å². The van der Waals surface area contributed by atoms with E-state index in [2.05, 4.69) is 15.5 Å². The molecule has 0 spiro atoms. The number of rotatable bonds is 4. The summed E-state index contributed by atoms with van der Waals surface area (Å²) in [4.78, 5) is 14.1. The molecule has 0 aromatic heterocycles. The molecule has 0 aliphatic heterocycles. The largest absolute Gasteiger partial charge is 0.396 e. The number of benzene rings is 1. The first-order valence-electron chi connectivity index (χ1n) is 7.96. The number of amides is 2. The molecule has 1 fully saturated rings. The van der Waals surface area contributed by atoms with Crippen molar-refractivity contribution >= 4 is 17.4 Å². The molecule has 5 heteroatoms. The molecule has 2 rings (SSSR count). The molecule has 1 aromatic carbocycles. The fourth-order valence-corrected chi connectivity index (χ4v) is 3.08. The number of urea groups is 1. The van der Waals surface area contributed by atoms with Crippen molar-refractivity contribution in [2.45, 2.75) is 38.6 Å². The number of hydrogen-bond acceptors (Lipinski definition) is 3. The van der Waals surface area contributed by atoms with E-state index in [9.17, 15) is 4.79 Å². The summed E-state index contributed by atoms with van der Waals surface area (Å²) in [6.07, 6.45) is 3.85. The van der Waals surface area contributed by atoms with Gasteiger partial charge in [0.25, 0.3) is 0 Å². The summed E-state index contributed by atoms with van der Waals surface area (Å²) in [6, 6.07) is 5.98. The number of aryl methyl sites for hydroxylation is 1. The summed E-state index contributed by atoms with van der Waals surface area (Å²) in [5.41, 5.74) is 3.09. The highest BCUT2D eigenvalue weighted by molar-refractivity contribution is 5.89. The van der Waals surface area contributed by atoms with Crippen molar-refractivity contribution < 1.29 is 9.90 Å². The number of aliphatic hydroxyl groups excluding tert-OH is 1. The Balaban J connectivity index is 1.86. The normalized spacial score (nSPS) is 21.3. The number of hydrogen-bond donors (Lipinski definition) is 3. The molecule has 1 aliphatic rings. The molecule has 0 saturated heterocycles. The highest BCUT2D eigenvalue weighted by Gasteiger charge is 2.21. The maximum absolute atomic E-state index is 12.1. The van der Waals surface area contributed by atoms with Gasteiger partial charge >= 0.3 is 6.03 Å². The van der Waals surface area contributed by atoms with Crippen LogP contribution in [0.15, 0.2) is 18.2 Å². The van der Waals surface area contributed by atoms with Crippen LogP contribution in [0.1, 0.15) is 31.2 Å². The molecule has 0 radical (unpaired) electrons. The van der Waals surface area contributed by atoms with E-state index in [4.69, 9.17) is 5.11 Å². The minimum Gasteiger partial charge on any atom is -0.396 e. The third-order valence-electron chi connectivity index (χ3n) is 4.38. The van der Waals surface area contributed by atoms with Crippen molar-refractivity contribution in [2.75, 3.05) is 30.9 Å². The minimum atomic E-state index is -0.149. The highest BCUT2D eigenvalue weighted by atomic mass is 16.3. The van der Waals surface area contributed by atoms with E-state index >= 15 is 0 Å². The number of nitrogens with one attached hydrogen (secondary N) is 2. The standard InChI is InChI=1S/C17H27N3O2/c1-12-10-15(8-9-16(12)20(2)3)19-17(22)18-14-6-4-13(11-21)5-7-14/h8-10,13-14,21H,4-7,11H2,1-3H3,(H2,18,19,22). The van der Waals surface area contributed by atoms with Gasteiger partial charge in [0.05, 0.1) is 0 Å². The van der Waals surface area contributed by atoms with Crippen LogP contribution < -0.4 is 15.5 Å². The van der Waals surface area contributed by atoms with E-state index in [1.807, 2.05) is 39.2 Å². The summed E-state index contributed by atoms with van der Waals surface area (Å²) in [6.45, 7) is 2.30. The monoisotopic (exact) mass is 305 g/mol. The average molecular weight is 305 g/mol. The van der Waals surface area contributed by atoms with Gasteiger partial charge in [-0.05, 0) is 62.3 Å². The van der Waals surface area contributed by atoms with Crippen LogP contribution in [0.25, 0.3) is 0 Å². The first kappa shape index (κ1) is 16.6. The van der Waals surface area contributed by atoms with Crippen molar-refractivity contribution in [3.63, 3.8) is 0 Å². The van der Waals surface area contributed by atoms with Crippen LogP contribution in [-0.4, -0.2) is 37.9 Å². The van der Waals surface area contributed by atoms with Crippen molar-refractivity contribution in [3.05, 3.63) is 23.8 Å². The third kappa shape index (κ3) is 4.37. The van der Waals surface area contributed by atoms with Crippen LogP contribution in [-0.2, 0) is 0 Å². The Hall–Kier alpha value is -1.75. The van der Waals surface area contributed by atoms with Crippen molar-refractivity contribution in [2.24, 2.45) is 5.92 Å². The molecule has 0 atom stereocenters. The number of nitrogens with zero attached hydrogens (tertiary/aromatic N) is 1. The van der Waals surface area contributed by atoms with Crippen LogP contribution in [0.4, 0.5) is 16.2 Å². The lowest BCUT2D eigenvalue weighted by Crippen LogP contribution is -2.40. The molecule has 1 aliphatic carbocycles. The average Bonchev–Trinajstić information content (AvgIpc) is 2.47. The Bertz CT molecular complexity index is 509. The smallest absolute Gasteiger partial charge is 0.319 e. The summed E-state index contributed by atoms with van der Waals surface area (Å²) >= 11 is 0. The second kappa shape index (κ2) is 7.49. The molecule has 3 N–H and O–H groups in total. The van der Waals surface area contributed by atoms with E-state index in [1.54, 1.807) is 0 Å². The molecule has 0 heterocycles. The Labute approximate surface area is 132 Å². The summed E-state index contributed by atoms with van der Waals surface area (Å²) in [5, 5.41) is 15.1. The Morgan fingerprint density at radius 2 is 1.95 bits per heavy atom. The Kier molecular flexibility index (Phi) is 5.66. The molecule has 22 heavy (non-hydrogen) atoms. The lowest BCUT2D eigenvalue weighted by molar-refractivity contribution is 0.176. The van der Waals surface area contributed by atoms with Gasteiger partial charge in [-0.1, -0.05) is 0 Å². The van der Waals surface area contributed by atoms with Gasteiger partial charge in [-0.15, -0.1) is 0 Å². The van der Waals surface area contributed by atoms with Crippen LogP contribution in [0.5, 0.6) is 0 Å². The molecular weight excluding hydrogens is 278 g/mol. The predicted octanol–water partition coefficient (Wildman–Crippen LogP) is 2.73. The quantitative estimate of drug-likeness (QED) is 0.801. The molecule has 1 aromatic rings. The topological polar surface area (TPSA) is 64.6 Å². The van der Waals surface area contributed by atoms with E-state index in [-0.39, 0.29) is 18.7 Å². The Morgan fingerprint density at radius 3 is 2.50 bits per heavy atom. The molecule has 122 valence electrons. The molecule has 0 bridgehead atoms. The molecule has 0 unspecified atom stereocenters. The fourth-order valence-electron chi connectivity index (χ4n) is 3.08. The first-order chi connectivity index (χ1) is 10.5. The van der Waals surface area contributed by atoms with Gasteiger partial charge in [0.1, 0.15) is 0 Å². The highest BCUT2D eigenvalue weighted by Crippen LogP contribution is 2.24. The minimum absolute atomic E-state index is 0.149. The van der Waals surface area contributed by atoms with Crippen LogP contribution in [0.2, 0.25) is 0 Å². The summed E-state index contributed by atoms with van der Waals surface area (Å²) < 4.78 is 0. The third-order valence-corrected chi connectivity index (χ3v) is 4.38. The van der Waals surface area contributed by atoms with E-state index in [0.29, 0.717) is 5.92 Å². The van der Waals surface area contributed by atoms with Gasteiger partial charge in [-0.3, -0.25) is 0 Å². The zero-order valence-electron chi connectivity index (χ0n) is 13.7. The van der Waals surface area contributed by atoms with Crippen LogP contribution in [0, 0.1) is 12.8 Å². The first-order valence-corrected chi connectivity index (χ1v) is 7.96. The molecule has 1 saturated carbocycles. The van der Waals surface area contributed by atoms with Gasteiger partial charge < -0.3 is 20.6 Å². The number of anilines is 2. The van der Waals surface area contributed by atoms with Gasteiger partial charge in [-0.25, -0.2) is 4.79 Å². The van der Waals surface area contributed by atoms with Gasteiger partial charge in [0, 0.05) is 38.1 Å². The molecule has 2 amide bonds. The summed E-state index contributed by atoms with van der Waals surface area (Å²) in [7, 11) is 4.01. The zero-order chi connectivity index (χ0) is 16.1. The second-order valence-electron chi connectivity index (χ2n) is 6.39. The molecular formula is C17H27N3O2. The summed E-state index contributed by atoms with van der Waals surface area (Å²) in [5.74, 6) is 0.405. The van der Waals surface area contributed by atoms with Crippen molar-refractivity contribution in [3.8, 4) is 0 Å². The zero-order valence-corrected chi connectivity index (χ0v) is 13.7. The van der Waals surface area contributed by atoms with Crippen molar-refractivity contribution in [1.82, 2.24) is 5.32 Å². The van der Waals surface area contributed by atoms with Gasteiger partial charge in [-0.2, -0.15) is 0 Å². The number of carbonyl (C=O) groups is 1. The number of carbonyl (C=O) groups excluding carboxylic acids is 1. The number of aliphatic hydroxyl groups is 1. The van der Waals surface area contributed by atoms with E-state index in [0.717, 1.165) is 42.6 Å². The van der Waals surface area contributed by atoms with Crippen LogP contribution in [0.3, 0.4) is 0 Å². The van der Waals surface area contributed by atoms with Crippen molar-refractivity contribution in [1.29, 1.82) is 0 Å². The lowest BCUT2D eigenvalue weighted by Gasteiger charge is -2.28. The second-order valence-corrected chi connectivity index (χ2v) is 6.39. The van der Waals surface area contributed by atoms with Crippen LogP contribution >= 0.6 is 0 Å². The molecule has 5 nitrogen and oxygen atoms in total.